The highest BCUT2D eigenvalue weighted by molar-refractivity contribution is 5.29. The van der Waals surface area contributed by atoms with Gasteiger partial charge in [-0.25, -0.2) is 0 Å². The summed E-state index contributed by atoms with van der Waals surface area (Å²) in [5.74, 6) is 0.603. The number of pyridine rings is 1. The van der Waals surface area contributed by atoms with Crippen molar-refractivity contribution in [2.24, 2.45) is 5.92 Å². The number of rotatable bonds is 7. The lowest BCUT2D eigenvalue weighted by atomic mass is 10.0. The molecule has 0 aromatic carbocycles. The Labute approximate surface area is 134 Å². The smallest absolute Gasteiger partial charge is 0.255 e. The van der Waals surface area contributed by atoms with E-state index in [1.165, 1.54) is 11.3 Å². The van der Waals surface area contributed by atoms with Gasteiger partial charge < -0.3 is 9.88 Å². The molecule has 0 spiro atoms. The van der Waals surface area contributed by atoms with E-state index in [2.05, 4.69) is 44.0 Å². The molecule has 0 amide bonds. The van der Waals surface area contributed by atoms with Crippen molar-refractivity contribution in [3.63, 3.8) is 0 Å². The second-order valence-electron chi connectivity index (χ2n) is 6.74. The molecule has 0 fully saturated rings. The van der Waals surface area contributed by atoms with Crippen LogP contribution in [0.25, 0.3) is 0 Å². The van der Waals surface area contributed by atoms with Crippen molar-refractivity contribution >= 4 is 0 Å². The van der Waals surface area contributed by atoms with E-state index in [4.69, 9.17) is 0 Å². The molecule has 0 atom stereocenters. The van der Waals surface area contributed by atoms with Crippen molar-refractivity contribution in [1.82, 2.24) is 14.8 Å². The van der Waals surface area contributed by atoms with Crippen LogP contribution in [0, 0.1) is 5.92 Å². The molecule has 1 aromatic rings. The van der Waals surface area contributed by atoms with Gasteiger partial charge >= 0.3 is 0 Å². The number of nitrogens with zero attached hydrogens (tertiary/aromatic N) is 2. The van der Waals surface area contributed by atoms with Gasteiger partial charge in [0.15, 0.2) is 0 Å². The molecule has 4 nitrogen and oxygen atoms in total. The fourth-order valence-electron chi connectivity index (χ4n) is 3.19. The summed E-state index contributed by atoms with van der Waals surface area (Å²) >= 11 is 0. The third-order valence-corrected chi connectivity index (χ3v) is 4.39. The van der Waals surface area contributed by atoms with Crippen molar-refractivity contribution in [2.75, 3.05) is 19.6 Å². The van der Waals surface area contributed by atoms with Crippen molar-refractivity contribution in [3.8, 4) is 0 Å². The summed E-state index contributed by atoms with van der Waals surface area (Å²) in [6.45, 7) is 14.3. The first-order valence-corrected chi connectivity index (χ1v) is 8.74. The maximum atomic E-state index is 12.8. The van der Waals surface area contributed by atoms with Gasteiger partial charge in [-0.15, -0.1) is 0 Å². The number of hydrogen-bond donors (Lipinski definition) is 1. The first kappa shape index (κ1) is 17.2. The molecule has 0 bridgehead atoms. The third kappa shape index (κ3) is 3.99. The van der Waals surface area contributed by atoms with Crippen LogP contribution < -0.4 is 10.9 Å². The number of likely N-dealkylation sites (N-methyl/N-ethyl adjacent to an activating group) is 1. The summed E-state index contributed by atoms with van der Waals surface area (Å²) in [7, 11) is 0. The normalized spacial score (nSPS) is 15.3. The van der Waals surface area contributed by atoms with Crippen molar-refractivity contribution in [1.29, 1.82) is 0 Å². The van der Waals surface area contributed by atoms with Crippen LogP contribution in [0.2, 0.25) is 0 Å². The fraction of sp³-hybridized carbons (Fsp3) is 0.722. The molecule has 1 aliphatic heterocycles. The average Bonchev–Trinajstić information content (AvgIpc) is 2.50. The quantitative estimate of drug-likeness (QED) is 0.840. The zero-order chi connectivity index (χ0) is 16.1. The van der Waals surface area contributed by atoms with E-state index in [1.54, 1.807) is 0 Å². The Kier molecular flexibility index (Phi) is 6.21. The lowest BCUT2D eigenvalue weighted by Gasteiger charge is -2.30. The molecule has 0 saturated carbocycles. The zero-order valence-electron chi connectivity index (χ0n) is 14.6. The number of aromatic nitrogens is 1. The zero-order valence-corrected chi connectivity index (χ0v) is 14.6. The Bertz CT molecular complexity index is 548. The molecule has 1 aliphatic rings. The lowest BCUT2D eigenvalue weighted by Crippen LogP contribution is -2.37. The summed E-state index contributed by atoms with van der Waals surface area (Å²) in [6, 6.07) is 2.15. The van der Waals surface area contributed by atoms with E-state index < -0.39 is 0 Å². The molecular weight excluding hydrogens is 274 g/mol. The Morgan fingerprint density at radius 2 is 2.09 bits per heavy atom. The lowest BCUT2D eigenvalue weighted by molar-refractivity contribution is 0.261. The Morgan fingerprint density at radius 3 is 2.73 bits per heavy atom. The molecule has 124 valence electrons. The summed E-state index contributed by atoms with van der Waals surface area (Å²) in [5, 5.41) is 3.42. The molecule has 0 radical (unpaired) electrons. The van der Waals surface area contributed by atoms with E-state index >= 15 is 0 Å². The number of fused-ring (bicyclic) bond motifs is 1. The molecule has 4 heteroatoms. The maximum absolute atomic E-state index is 12.8. The van der Waals surface area contributed by atoms with Crippen LogP contribution in [0.5, 0.6) is 0 Å². The van der Waals surface area contributed by atoms with E-state index in [0.717, 1.165) is 51.1 Å². The van der Waals surface area contributed by atoms with Crippen LogP contribution in [0.1, 0.15) is 50.9 Å². The van der Waals surface area contributed by atoms with Crippen LogP contribution in [0.15, 0.2) is 10.9 Å². The van der Waals surface area contributed by atoms with Gasteiger partial charge in [-0.1, -0.05) is 27.7 Å². The molecule has 0 aliphatic carbocycles. The summed E-state index contributed by atoms with van der Waals surface area (Å²) in [6.07, 6.45) is 2.00. The SMILES string of the molecule is CCCn1c2c(cc(CNCC(C)C)c1=O)CN(CC)CC2. The minimum absolute atomic E-state index is 0.210. The monoisotopic (exact) mass is 305 g/mol. The average molecular weight is 305 g/mol. The fourth-order valence-corrected chi connectivity index (χ4v) is 3.19. The van der Waals surface area contributed by atoms with Gasteiger partial charge in [0.2, 0.25) is 0 Å². The van der Waals surface area contributed by atoms with Gasteiger partial charge in [0.1, 0.15) is 0 Å². The predicted molar refractivity (Wildman–Crippen MR) is 92.2 cm³/mol. The first-order chi connectivity index (χ1) is 10.6. The van der Waals surface area contributed by atoms with Crippen molar-refractivity contribution in [2.45, 2.75) is 60.2 Å². The molecule has 22 heavy (non-hydrogen) atoms. The van der Waals surface area contributed by atoms with Gasteiger partial charge in [-0.2, -0.15) is 0 Å². The molecule has 1 N–H and O–H groups in total. The van der Waals surface area contributed by atoms with Gasteiger partial charge in [0.25, 0.3) is 5.56 Å². The summed E-state index contributed by atoms with van der Waals surface area (Å²) < 4.78 is 2.04. The molecule has 0 unspecified atom stereocenters. The standard InChI is InChI=1S/C18H31N3O/c1-5-8-21-17-7-9-20(6-2)13-16(17)10-15(18(21)22)12-19-11-14(3)4/h10,14,19H,5-9,11-13H2,1-4H3. The third-order valence-electron chi connectivity index (χ3n) is 4.39. The van der Waals surface area contributed by atoms with Crippen LogP contribution in [-0.2, 0) is 26.1 Å². The highest BCUT2D eigenvalue weighted by Gasteiger charge is 2.20. The van der Waals surface area contributed by atoms with Crippen molar-refractivity contribution < 1.29 is 0 Å². The van der Waals surface area contributed by atoms with Crippen LogP contribution >= 0.6 is 0 Å². The van der Waals surface area contributed by atoms with Crippen LogP contribution in [0.3, 0.4) is 0 Å². The molecule has 2 heterocycles. The Hall–Kier alpha value is -1.13. The maximum Gasteiger partial charge on any atom is 0.255 e. The Balaban J connectivity index is 2.30. The largest absolute Gasteiger partial charge is 0.312 e. The van der Waals surface area contributed by atoms with E-state index in [1.807, 2.05) is 4.57 Å². The highest BCUT2D eigenvalue weighted by Crippen LogP contribution is 2.19. The van der Waals surface area contributed by atoms with E-state index in [0.29, 0.717) is 12.5 Å². The second-order valence-corrected chi connectivity index (χ2v) is 6.74. The first-order valence-electron chi connectivity index (χ1n) is 8.74. The van der Waals surface area contributed by atoms with E-state index in [-0.39, 0.29) is 5.56 Å². The highest BCUT2D eigenvalue weighted by atomic mass is 16.1. The molecule has 0 saturated heterocycles. The Morgan fingerprint density at radius 1 is 1.32 bits per heavy atom. The topological polar surface area (TPSA) is 37.3 Å². The molecule has 1 aromatic heterocycles. The van der Waals surface area contributed by atoms with Crippen molar-refractivity contribution in [3.05, 3.63) is 33.2 Å². The summed E-state index contributed by atoms with van der Waals surface area (Å²) in [4.78, 5) is 15.2. The van der Waals surface area contributed by atoms with Gasteiger partial charge in [0, 0.05) is 43.9 Å². The minimum Gasteiger partial charge on any atom is -0.312 e. The van der Waals surface area contributed by atoms with Crippen LogP contribution in [-0.4, -0.2) is 29.1 Å². The molecule has 2 rings (SSSR count). The number of hydrogen-bond acceptors (Lipinski definition) is 3. The van der Waals surface area contributed by atoms with E-state index in [9.17, 15) is 4.79 Å². The predicted octanol–water partition coefficient (Wildman–Crippen LogP) is 2.38. The van der Waals surface area contributed by atoms with Gasteiger partial charge in [-0.3, -0.25) is 9.69 Å². The number of nitrogens with one attached hydrogen (secondary N) is 1. The van der Waals surface area contributed by atoms with Crippen LogP contribution in [0.4, 0.5) is 0 Å². The van der Waals surface area contributed by atoms with Gasteiger partial charge in [0.05, 0.1) is 0 Å². The minimum atomic E-state index is 0.210. The second kappa shape index (κ2) is 7.93. The van der Waals surface area contributed by atoms with Gasteiger partial charge in [-0.05, 0) is 37.1 Å². The molecular formula is C18H31N3O. The summed E-state index contributed by atoms with van der Waals surface area (Å²) in [5.41, 5.74) is 3.75.